The van der Waals surface area contributed by atoms with E-state index in [4.69, 9.17) is 14.0 Å². The Bertz CT molecular complexity index is 1140. The lowest BCUT2D eigenvalue weighted by atomic mass is 10.1. The van der Waals surface area contributed by atoms with Gasteiger partial charge in [0.2, 0.25) is 5.88 Å². The molecule has 152 valence electrons. The smallest absolute Gasteiger partial charge is 0.265 e. The second-order valence-electron chi connectivity index (χ2n) is 6.36. The van der Waals surface area contributed by atoms with Crippen LogP contribution in [0.4, 0.5) is 0 Å². The highest BCUT2D eigenvalue weighted by Gasteiger charge is 2.18. The summed E-state index contributed by atoms with van der Waals surface area (Å²) in [4.78, 5) is 20.6. The lowest BCUT2D eigenvalue weighted by Gasteiger charge is -2.11. The summed E-state index contributed by atoms with van der Waals surface area (Å²) in [6.07, 6.45) is 1.31. The number of rotatable bonds is 8. The number of amides is 1. The normalized spacial score (nSPS) is 10.7. The monoisotopic (exact) mass is 404 g/mol. The molecule has 8 heteroatoms. The average Bonchev–Trinajstić information content (AvgIpc) is 3.23. The van der Waals surface area contributed by atoms with E-state index in [1.54, 1.807) is 0 Å². The minimum Gasteiger partial charge on any atom is -0.494 e. The van der Waals surface area contributed by atoms with E-state index >= 15 is 0 Å². The third kappa shape index (κ3) is 4.22. The van der Waals surface area contributed by atoms with E-state index in [1.165, 1.54) is 6.33 Å². The molecule has 0 atom stereocenters. The fourth-order valence-electron chi connectivity index (χ4n) is 2.99. The van der Waals surface area contributed by atoms with Crippen molar-refractivity contribution in [2.75, 3.05) is 13.2 Å². The zero-order chi connectivity index (χ0) is 20.8. The Morgan fingerprint density at radius 2 is 1.83 bits per heavy atom. The van der Waals surface area contributed by atoms with Crippen LogP contribution in [0.2, 0.25) is 0 Å². The summed E-state index contributed by atoms with van der Waals surface area (Å²) in [7, 11) is 0. The first-order valence-corrected chi connectivity index (χ1v) is 9.52. The highest BCUT2D eigenvalue weighted by atomic mass is 16.5. The van der Waals surface area contributed by atoms with Gasteiger partial charge in [-0.25, -0.2) is 4.98 Å². The lowest BCUT2D eigenvalue weighted by molar-refractivity contribution is -0.123. The second kappa shape index (κ2) is 9.04. The van der Waals surface area contributed by atoms with Crippen LogP contribution in [0.25, 0.3) is 22.4 Å². The fraction of sp³-hybridized carbons (Fsp3) is 0.182. The van der Waals surface area contributed by atoms with Crippen LogP contribution in [0.15, 0.2) is 65.4 Å². The molecular weight excluding hydrogens is 384 g/mol. The Kier molecular flexibility index (Phi) is 5.84. The van der Waals surface area contributed by atoms with Gasteiger partial charge in [-0.3, -0.25) is 4.79 Å². The molecule has 0 aliphatic rings. The molecule has 4 aromatic rings. The summed E-state index contributed by atoms with van der Waals surface area (Å²) in [6, 6.07) is 17.1. The van der Waals surface area contributed by atoms with Gasteiger partial charge in [0.1, 0.15) is 23.2 Å². The number of aromatic nitrogens is 3. The van der Waals surface area contributed by atoms with Gasteiger partial charge in [-0.2, -0.15) is 4.98 Å². The number of ether oxygens (including phenoxy) is 2. The minimum absolute atomic E-state index is 0.206. The van der Waals surface area contributed by atoms with Crippen LogP contribution < -0.4 is 14.8 Å². The SMILES string of the molecule is CCOc1ccccc1CNC(=O)COc1ncnc2onc(-c3ccccc3)c12. The second-order valence-corrected chi connectivity index (χ2v) is 6.36. The van der Waals surface area contributed by atoms with Crippen molar-refractivity contribution >= 4 is 17.0 Å². The molecule has 1 amide bonds. The van der Waals surface area contributed by atoms with Crippen molar-refractivity contribution in [1.29, 1.82) is 0 Å². The quantitative estimate of drug-likeness (QED) is 0.481. The van der Waals surface area contributed by atoms with E-state index in [9.17, 15) is 4.79 Å². The van der Waals surface area contributed by atoms with Crippen LogP contribution in [0, 0.1) is 0 Å². The van der Waals surface area contributed by atoms with E-state index in [0.29, 0.717) is 29.9 Å². The first-order chi connectivity index (χ1) is 14.8. The van der Waals surface area contributed by atoms with Gasteiger partial charge in [0.05, 0.1) is 6.61 Å². The Labute approximate surface area is 172 Å². The largest absolute Gasteiger partial charge is 0.494 e. The molecule has 0 aliphatic carbocycles. The zero-order valence-corrected chi connectivity index (χ0v) is 16.4. The molecule has 0 bridgehead atoms. The number of carbonyl (C=O) groups excluding carboxylic acids is 1. The highest BCUT2D eigenvalue weighted by Crippen LogP contribution is 2.32. The molecule has 0 saturated heterocycles. The van der Waals surface area contributed by atoms with Crippen molar-refractivity contribution in [3.05, 3.63) is 66.5 Å². The van der Waals surface area contributed by atoms with Crippen molar-refractivity contribution in [2.45, 2.75) is 13.5 Å². The molecule has 0 fully saturated rings. The number of benzene rings is 2. The number of hydrogen-bond acceptors (Lipinski definition) is 7. The van der Waals surface area contributed by atoms with Gasteiger partial charge in [0, 0.05) is 17.7 Å². The summed E-state index contributed by atoms with van der Waals surface area (Å²) in [5.41, 5.74) is 2.59. The Morgan fingerprint density at radius 1 is 1.03 bits per heavy atom. The third-order valence-electron chi connectivity index (χ3n) is 4.37. The number of nitrogens with one attached hydrogen (secondary N) is 1. The van der Waals surface area contributed by atoms with Crippen molar-refractivity contribution < 1.29 is 18.8 Å². The van der Waals surface area contributed by atoms with E-state index in [-0.39, 0.29) is 18.4 Å². The van der Waals surface area contributed by atoms with Crippen molar-refractivity contribution in [1.82, 2.24) is 20.4 Å². The Morgan fingerprint density at radius 3 is 2.67 bits per heavy atom. The first-order valence-electron chi connectivity index (χ1n) is 9.52. The van der Waals surface area contributed by atoms with Crippen LogP contribution in [0.3, 0.4) is 0 Å². The highest BCUT2D eigenvalue weighted by molar-refractivity contribution is 5.93. The van der Waals surface area contributed by atoms with Crippen molar-refractivity contribution in [2.24, 2.45) is 0 Å². The fourth-order valence-corrected chi connectivity index (χ4v) is 2.99. The molecule has 0 unspecified atom stereocenters. The maximum Gasteiger partial charge on any atom is 0.265 e. The van der Waals surface area contributed by atoms with Crippen LogP contribution >= 0.6 is 0 Å². The minimum atomic E-state index is -0.286. The maximum atomic E-state index is 12.3. The van der Waals surface area contributed by atoms with E-state index in [1.807, 2.05) is 61.5 Å². The topological polar surface area (TPSA) is 99.4 Å². The maximum absolute atomic E-state index is 12.3. The van der Waals surface area contributed by atoms with Gasteiger partial charge in [-0.1, -0.05) is 53.7 Å². The molecule has 4 rings (SSSR count). The van der Waals surface area contributed by atoms with E-state index in [0.717, 1.165) is 16.9 Å². The summed E-state index contributed by atoms with van der Waals surface area (Å²) < 4.78 is 16.5. The average molecular weight is 404 g/mol. The van der Waals surface area contributed by atoms with Crippen LogP contribution in [-0.4, -0.2) is 34.2 Å². The number of nitrogens with zero attached hydrogens (tertiary/aromatic N) is 3. The van der Waals surface area contributed by atoms with E-state index < -0.39 is 0 Å². The molecule has 8 nitrogen and oxygen atoms in total. The number of carbonyl (C=O) groups is 1. The predicted molar refractivity (Wildman–Crippen MR) is 110 cm³/mol. The van der Waals surface area contributed by atoms with Gasteiger partial charge >= 0.3 is 0 Å². The molecule has 2 aromatic heterocycles. The van der Waals surface area contributed by atoms with Gasteiger partial charge < -0.3 is 19.3 Å². The van der Waals surface area contributed by atoms with Crippen LogP contribution in [0.1, 0.15) is 12.5 Å². The van der Waals surface area contributed by atoms with Gasteiger partial charge in [-0.05, 0) is 13.0 Å². The molecule has 0 spiro atoms. The molecule has 2 aromatic carbocycles. The summed E-state index contributed by atoms with van der Waals surface area (Å²) in [6.45, 7) is 2.60. The molecule has 2 heterocycles. The van der Waals surface area contributed by atoms with Gasteiger partial charge in [0.25, 0.3) is 11.6 Å². The molecule has 1 N–H and O–H groups in total. The molecule has 30 heavy (non-hydrogen) atoms. The molecule has 0 aliphatic heterocycles. The van der Waals surface area contributed by atoms with Gasteiger partial charge in [0.15, 0.2) is 6.61 Å². The van der Waals surface area contributed by atoms with Crippen molar-refractivity contribution in [3.8, 4) is 22.9 Å². The first kappa shape index (κ1) is 19.4. The molecule has 0 radical (unpaired) electrons. The van der Waals surface area contributed by atoms with Crippen LogP contribution in [-0.2, 0) is 11.3 Å². The third-order valence-corrected chi connectivity index (χ3v) is 4.37. The van der Waals surface area contributed by atoms with E-state index in [2.05, 4.69) is 20.4 Å². The Hall–Kier alpha value is -3.94. The van der Waals surface area contributed by atoms with Crippen molar-refractivity contribution in [3.63, 3.8) is 0 Å². The van der Waals surface area contributed by atoms with Gasteiger partial charge in [-0.15, -0.1) is 0 Å². The predicted octanol–water partition coefficient (Wildman–Crippen LogP) is 3.38. The lowest BCUT2D eigenvalue weighted by Crippen LogP contribution is -2.28. The summed E-state index contributed by atoms with van der Waals surface area (Å²) in [5.74, 6) is 0.700. The summed E-state index contributed by atoms with van der Waals surface area (Å²) >= 11 is 0. The summed E-state index contributed by atoms with van der Waals surface area (Å²) in [5, 5.41) is 7.44. The zero-order valence-electron chi connectivity index (χ0n) is 16.4. The Balaban J connectivity index is 1.45. The number of hydrogen-bond donors (Lipinski definition) is 1. The molecular formula is C22H20N4O4. The van der Waals surface area contributed by atoms with Crippen LogP contribution in [0.5, 0.6) is 11.6 Å². The number of fused-ring (bicyclic) bond motifs is 1. The number of para-hydroxylation sites is 1. The molecule has 0 saturated carbocycles. The standard InChI is InChI=1S/C22H20N4O4/c1-2-28-17-11-7-6-10-16(17)12-23-18(27)13-29-21-19-20(15-8-4-3-5-9-15)26-30-22(19)25-14-24-21/h3-11,14H,2,12-13H2,1H3,(H,23,27).